The van der Waals surface area contributed by atoms with Crippen molar-refractivity contribution in [1.82, 2.24) is 5.32 Å². The normalized spacial score (nSPS) is 15.8. The third kappa shape index (κ3) is 2.84. The Morgan fingerprint density at radius 3 is 2.67 bits per heavy atom. The molecule has 1 aliphatic heterocycles. The van der Waals surface area contributed by atoms with Gasteiger partial charge in [0.15, 0.2) is 0 Å². The van der Waals surface area contributed by atoms with Gasteiger partial charge in [-0.05, 0) is 23.8 Å². The van der Waals surface area contributed by atoms with Gasteiger partial charge in [0.1, 0.15) is 17.3 Å². The Balaban J connectivity index is 1.93. The van der Waals surface area contributed by atoms with Crippen LogP contribution < -0.4 is 10.1 Å². The van der Waals surface area contributed by atoms with Gasteiger partial charge < -0.3 is 10.1 Å². The summed E-state index contributed by atoms with van der Waals surface area (Å²) in [4.78, 5) is 16.4. The summed E-state index contributed by atoms with van der Waals surface area (Å²) in [6.07, 6.45) is 1.74. The Kier molecular flexibility index (Phi) is 3.51. The van der Waals surface area contributed by atoms with Crippen molar-refractivity contribution in [3.8, 4) is 5.75 Å². The lowest BCUT2D eigenvalue weighted by atomic mass is 10.2. The quantitative estimate of drug-likeness (QED) is 0.877. The van der Waals surface area contributed by atoms with E-state index in [1.165, 1.54) is 0 Å². The molecule has 1 N–H and O–H groups in total. The van der Waals surface area contributed by atoms with Crippen LogP contribution in [0.4, 0.5) is 0 Å². The molecule has 4 nitrogen and oxygen atoms in total. The highest BCUT2D eigenvalue weighted by Crippen LogP contribution is 2.18. The maximum Gasteiger partial charge on any atom is 0.275 e. The molecule has 0 aromatic heterocycles. The zero-order valence-electron chi connectivity index (χ0n) is 11.5. The summed E-state index contributed by atoms with van der Waals surface area (Å²) in [5.41, 5.74) is 2.15. The molecular weight excluding hydrogens is 264 g/mol. The number of hydrogen-bond donors (Lipinski definition) is 1. The summed E-state index contributed by atoms with van der Waals surface area (Å²) in [5.74, 6) is 1.13. The van der Waals surface area contributed by atoms with Crippen LogP contribution >= 0.6 is 0 Å². The molecule has 0 fully saturated rings. The van der Waals surface area contributed by atoms with Crippen molar-refractivity contribution in [2.24, 2.45) is 4.99 Å². The highest BCUT2D eigenvalue weighted by atomic mass is 16.5. The fraction of sp³-hybridized carbons (Fsp3) is 0.0588. The lowest BCUT2D eigenvalue weighted by molar-refractivity contribution is -0.115. The molecular formula is C17H14N2O2. The zero-order valence-corrected chi connectivity index (χ0v) is 11.5. The van der Waals surface area contributed by atoms with Gasteiger partial charge in [-0.2, -0.15) is 0 Å². The SMILES string of the molecule is COc1cccc(/C=C2/N=C(c3ccccc3)NC2=O)c1. The average Bonchev–Trinajstić information content (AvgIpc) is 2.89. The number of amides is 1. The van der Waals surface area contributed by atoms with E-state index in [0.717, 1.165) is 16.9 Å². The molecule has 0 radical (unpaired) electrons. The number of aliphatic imine (C=N–C) groups is 1. The minimum absolute atomic E-state index is 0.198. The molecule has 0 aliphatic carbocycles. The number of amidine groups is 1. The second-order valence-corrected chi connectivity index (χ2v) is 4.59. The Morgan fingerprint density at radius 1 is 1.10 bits per heavy atom. The lowest BCUT2D eigenvalue weighted by Crippen LogP contribution is -2.24. The molecule has 2 aromatic rings. The Morgan fingerprint density at radius 2 is 1.90 bits per heavy atom. The van der Waals surface area contributed by atoms with E-state index in [4.69, 9.17) is 4.74 Å². The van der Waals surface area contributed by atoms with E-state index in [1.54, 1.807) is 13.2 Å². The molecule has 0 saturated carbocycles. The van der Waals surface area contributed by atoms with E-state index in [0.29, 0.717) is 11.5 Å². The molecule has 1 amide bonds. The minimum atomic E-state index is -0.198. The number of hydrogen-bond acceptors (Lipinski definition) is 3. The molecule has 1 aliphatic rings. The van der Waals surface area contributed by atoms with Crippen LogP contribution in [0.15, 0.2) is 65.3 Å². The van der Waals surface area contributed by atoms with Gasteiger partial charge in [-0.3, -0.25) is 4.79 Å². The fourth-order valence-electron chi connectivity index (χ4n) is 2.09. The first-order chi connectivity index (χ1) is 10.3. The van der Waals surface area contributed by atoms with Gasteiger partial charge in [-0.15, -0.1) is 0 Å². The maximum absolute atomic E-state index is 12.0. The Labute approximate surface area is 122 Å². The average molecular weight is 278 g/mol. The molecule has 104 valence electrons. The number of nitrogens with one attached hydrogen (secondary N) is 1. The van der Waals surface area contributed by atoms with Gasteiger partial charge in [0, 0.05) is 5.56 Å². The second-order valence-electron chi connectivity index (χ2n) is 4.59. The molecule has 0 bridgehead atoms. The van der Waals surface area contributed by atoms with Crippen LogP contribution in [0.5, 0.6) is 5.75 Å². The number of carbonyl (C=O) groups excluding carboxylic acids is 1. The molecule has 1 heterocycles. The summed E-state index contributed by atoms with van der Waals surface area (Å²) < 4.78 is 5.17. The first-order valence-electron chi connectivity index (χ1n) is 6.57. The van der Waals surface area contributed by atoms with Gasteiger partial charge >= 0.3 is 0 Å². The van der Waals surface area contributed by atoms with E-state index >= 15 is 0 Å². The summed E-state index contributed by atoms with van der Waals surface area (Å²) in [5, 5.41) is 2.78. The van der Waals surface area contributed by atoms with Crippen molar-refractivity contribution in [3.05, 3.63) is 71.4 Å². The third-order valence-electron chi connectivity index (χ3n) is 3.14. The summed E-state index contributed by atoms with van der Waals surface area (Å²) >= 11 is 0. The molecule has 3 rings (SSSR count). The highest BCUT2D eigenvalue weighted by molar-refractivity contribution is 6.19. The van der Waals surface area contributed by atoms with E-state index < -0.39 is 0 Å². The summed E-state index contributed by atoms with van der Waals surface area (Å²) in [6.45, 7) is 0. The van der Waals surface area contributed by atoms with Crippen LogP contribution in [0.25, 0.3) is 6.08 Å². The van der Waals surface area contributed by atoms with Gasteiger partial charge in [0.2, 0.25) is 0 Å². The van der Waals surface area contributed by atoms with Gasteiger partial charge in [0.05, 0.1) is 7.11 Å². The van der Waals surface area contributed by atoms with Crippen molar-refractivity contribution < 1.29 is 9.53 Å². The number of carbonyl (C=O) groups is 1. The topological polar surface area (TPSA) is 50.7 Å². The van der Waals surface area contributed by atoms with Gasteiger partial charge in [0.25, 0.3) is 5.91 Å². The van der Waals surface area contributed by atoms with Gasteiger partial charge in [-0.1, -0.05) is 42.5 Å². The van der Waals surface area contributed by atoms with Crippen LogP contribution in [0.3, 0.4) is 0 Å². The summed E-state index contributed by atoms with van der Waals surface area (Å²) in [6, 6.07) is 17.1. The minimum Gasteiger partial charge on any atom is -0.497 e. The molecule has 2 aromatic carbocycles. The number of methoxy groups -OCH3 is 1. The Hall–Kier alpha value is -2.88. The van der Waals surface area contributed by atoms with E-state index in [-0.39, 0.29) is 5.91 Å². The van der Waals surface area contributed by atoms with Crippen molar-refractivity contribution in [2.45, 2.75) is 0 Å². The van der Waals surface area contributed by atoms with Crippen LogP contribution in [0, 0.1) is 0 Å². The molecule has 0 saturated heterocycles. The van der Waals surface area contributed by atoms with Crippen LogP contribution in [-0.4, -0.2) is 18.9 Å². The number of rotatable bonds is 3. The third-order valence-corrected chi connectivity index (χ3v) is 3.14. The molecule has 0 spiro atoms. The van der Waals surface area contributed by atoms with E-state index in [2.05, 4.69) is 10.3 Å². The van der Waals surface area contributed by atoms with Crippen LogP contribution in [0.1, 0.15) is 11.1 Å². The number of ether oxygens (including phenoxy) is 1. The van der Waals surface area contributed by atoms with Gasteiger partial charge in [-0.25, -0.2) is 4.99 Å². The standard InChI is InChI=1S/C17H14N2O2/c1-21-14-9-5-6-12(10-14)11-15-17(20)19-16(18-15)13-7-3-2-4-8-13/h2-11H,1H3,(H,18,19,20)/b15-11+. The predicted molar refractivity (Wildman–Crippen MR) is 82.1 cm³/mol. The highest BCUT2D eigenvalue weighted by Gasteiger charge is 2.20. The fourth-order valence-corrected chi connectivity index (χ4v) is 2.09. The smallest absolute Gasteiger partial charge is 0.275 e. The second kappa shape index (κ2) is 5.63. The Bertz CT molecular complexity index is 733. The number of benzene rings is 2. The summed E-state index contributed by atoms with van der Waals surface area (Å²) in [7, 11) is 1.61. The van der Waals surface area contributed by atoms with Crippen molar-refractivity contribution >= 4 is 17.8 Å². The lowest BCUT2D eigenvalue weighted by Gasteiger charge is -2.00. The molecule has 4 heteroatoms. The molecule has 21 heavy (non-hydrogen) atoms. The largest absolute Gasteiger partial charge is 0.497 e. The van der Waals surface area contributed by atoms with E-state index in [9.17, 15) is 4.79 Å². The van der Waals surface area contributed by atoms with Crippen molar-refractivity contribution in [2.75, 3.05) is 7.11 Å². The van der Waals surface area contributed by atoms with Crippen LogP contribution in [0.2, 0.25) is 0 Å². The zero-order chi connectivity index (χ0) is 14.7. The first-order valence-corrected chi connectivity index (χ1v) is 6.57. The number of nitrogens with zero attached hydrogens (tertiary/aromatic N) is 1. The predicted octanol–water partition coefficient (Wildman–Crippen LogP) is 2.61. The van der Waals surface area contributed by atoms with Crippen LogP contribution in [-0.2, 0) is 4.79 Å². The molecule has 0 unspecified atom stereocenters. The maximum atomic E-state index is 12.0. The van der Waals surface area contributed by atoms with Crippen molar-refractivity contribution in [1.29, 1.82) is 0 Å². The van der Waals surface area contributed by atoms with E-state index in [1.807, 2.05) is 54.6 Å². The molecule has 0 atom stereocenters. The monoisotopic (exact) mass is 278 g/mol. The first kappa shape index (κ1) is 13.1. The van der Waals surface area contributed by atoms with Crippen molar-refractivity contribution in [3.63, 3.8) is 0 Å².